The summed E-state index contributed by atoms with van der Waals surface area (Å²) < 4.78 is 26.8. The van der Waals surface area contributed by atoms with Gasteiger partial charge < -0.3 is 5.32 Å². The Labute approximate surface area is 117 Å². The molecule has 1 N–H and O–H groups in total. The van der Waals surface area contributed by atoms with Gasteiger partial charge in [0.15, 0.2) is 0 Å². The zero-order chi connectivity index (χ0) is 13.8. The van der Waals surface area contributed by atoms with E-state index >= 15 is 0 Å². The van der Waals surface area contributed by atoms with Crippen molar-refractivity contribution in [3.63, 3.8) is 0 Å². The van der Waals surface area contributed by atoms with Gasteiger partial charge in [0.05, 0.1) is 0 Å². The van der Waals surface area contributed by atoms with Gasteiger partial charge in [-0.3, -0.25) is 4.79 Å². The first-order chi connectivity index (χ1) is 9.11. The number of hydrogen-bond donors (Lipinski definition) is 1. The van der Waals surface area contributed by atoms with E-state index in [9.17, 15) is 13.6 Å². The molecule has 2 aromatic carbocycles. The van der Waals surface area contributed by atoms with Crippen LogP contribution in [0.15, 0.2) is 42.5 Å². The number of alkyl halides is 1. The number of carbonyl (C=O) groups excluding carboxylic acids is 1. The van der Waals surface area contributed by atoms with E-state index in [1.54, 1.807) is 12.1 Å². The highest BCUT2D eigenvalue weighted by Gasteiger charge is 2.16. The van der Waals surface area contributed by atoms with E-state index < -0.39 is 23.1 Å². The van der Waals surface area contributed by atoms with Crippen LogP contribution in [0.2, 0.25) is 0 Å². The van der Waals surface area contributed by atoms with Gasteiger partial charge >= 0.3 is 0 Å². The number of amides is 1. The highest BCUT2D eigenvalue weighted by atomic mass is 79.9. The molecule has 0 bridgehead atoms. The van der Waals surface area contributed by atoms with Crippen LogP contribution in [0.1, 0.15) is 15.9 Å². The lowest BCUT2D eigenvalue weighted by molar-refractivity contribution is 0.101. The molecule has 0 saturated carbocycles. The van der Waals surface area contributed by atoms with E-state index in [4.69, 9.17) is 0 Å². The van der Waals surface area contributed by atoms with Crippen LogP contribution in [0.3, 0.4) is 0 Å². The third-order valence-electron chi connectivity index (χ3n) is 2.56. The molecule has 0 aliphatic heterocycles. The summed E-state index contributed by atoms with van der Waals surface area (Å²) in [6.45, 7) is 0. The molecule has 0 fully saturated rings. The predicted molar refractivity (Wildman–Crippen MR) is 73.4 cm³/mol. The maximum Gasteiger partial charge on any atom is 0.261 e. The molecule has 0 spiro atoms. The molecular formula is C14H10BrF2NO. The lowest BCUT2D eigenvalue weighted by Gasteiger charge is -2.07. The Kier molecular flexibility index (Phi) is 4.27. The van der Waals surface area contributed by atoms with Crippen LogP contribution in [-0.4, -0.2) is 5.91 Å². The van der Waals surface area contributed by atoms with E-state index in [0.717, 1.165) is 17.7 Å². The standard InChI is InChI=1S/C14H10BrF2NO/c15-8-9-4-6-10(7-5-9)18-14(19)13-11(16)2-1-3-12(13)17/h1-7H,8H2,(H,18,19). The number of halogens is 3. The fraction of sp³-hybridized carbons (Fsp3) is 0.0714. The fourth-order valence-electron chi connectivity index (χ4n) is 1.59. The maximum atomic E-state index is 13.4. The highest BCUT2D eigenvalue weighted by molar-refractivity contribution is 9.08. The number of hydrogen-bond acceptors (Lipinski definition) is 1. The van der Waals surface area contributed by atoms with E-state index in [2.05, 4.69) is 21.2 Å². The molecule has 0 saturated heterocycles. The third kappa shape index (κ3) is 3.17. The van der Waals surface area contributed by atoms with Crippen LogP contribution >= 0.6 is 15.9 Å². The van der Waals surface area contributed by atoms with E-state index in [-0.39, 0.29) is 0 Å². The molecule has 0 aliphatic carbocycles. The Morgan fingerprint density at radius 3 is 2.16 bits per heavy atom. The number of benzene rings is 2. The molecular weight excluding hydrogens is 316 g/mol. The third-order valence-corrected chi connectivity index (χ3v) is 3.20. The Hall–Kier alpha value is -1.75. The minimum Gasteiger partial charge on any atom is -0.322 e. The molecule has 0 heterocycles. The summed E-state index contributed by atoms with van der Waals surface area (Å²) in [4.78, 5) is 11.8. The SMILES string of the molecule is O=C(Nc1ccc(CBr)cc1)c1c(F)cccc1F. The minimum absolute atomic E-state index is 0.484. The Morgan fingerprint density at radius 2 is 1.63 bits per heavy atom. The average Bonchev–Trinajstić information content (AvgIpc) is 2.39. The van der Waals surface area contributed by atoms with Crippen molar-refractivity contribution < 1.29 is 13.6 Å². The summed E-state index contributed by atoms with van der Waals surface area (Å²) >= 11 is 3.30. The lowest BCUT2D eigenvalue weighted by Crippen LogP contribution is -2.15. The Balaban J connectivity index is 2.21. The normalized spacial score (nSPS) is 10.3. The van der Waals surface area contributed by atoms with Gasteiger partial charge in [0, 0.05) is 11.0 Å². The van der Waals surface area contributed by atoms with Gasteiger partial charge in [0.2, 0.25) is 0 Å². The second-order valence-corrected chi connectivity index (χ2v) is 4.44. The van der Waals surface area contributed by atoms with Gasteiger partial charge in [0.25, 0.3) is 5.91 Å². The molecule has 0 radical (unpaired) electrons. The first kappa shape index (κ1) is 13.7. The molecule has 2 nitrogen and oxygen atoms in total. The van der Waals surface area contributed by atoms with Crippen molar-refractivity contribution in [1.82, 2.24) is 0 Å². The molecule has 2 rings (SSSR count). The number of nitrogens with one attached hydrogen (secondary N) is 1. The predicted octanol–water partition coefficient (Wildman–Crippen LogP) is 4.11. The van der Waals surface area contributed by atoms with E-state index in [1.807, 2.05) is 12.1 Å². The second kappa shape index (κ2) is 5.93. The molecule has 98 valence electrons. The molecule has 0 aromatic heterocycles. The quantitative estimate of drug-likeness (QED) is 0.845. The zero-order valence-electron chi connectivity index (χ0n) is 9.79. The van der Waals surface area contributed by atoms with E-state index in [1.165, 1.54) is 6.07 Å². The topological polar surface area (TPSA) is 29.1 Å². The number of anilines is 1. The lowest BCUT2D eigenvalue weighted by atomic mass is 10.1. The van der Waals surface area contributed by atoms with Crippen LogP contribution < -0.4 is 5.32 Å². The Morgan fingerprint density at radius 1 is 1.05 bits per heavy atom. The molecule has 1 amide bonds. The Bertz CT molecular complexity index is 579. The molecule has 0 unspecified atom stereocenters. The average molecular weight is 326 g/mol. The smallest absolute Gasteiger partial charge is 0.261 e. The molecule has 0 aliphatic rings. The van der Waals surface area contributed by atoms with Crippen molar-refractivity contribution in [2.24, 2.45) is 0 Å². The maximum absolute atomic E-state index is 13.4. The van der Waals surface area contributed by atoms with Crippen molar-refractivity contribution in [3.8, 4) is 0 Å². The van der Waals surface area contributed by atoms with Crippen molar-refractivity contribution in [1.29, 1.82) is 0 Å². The van der Waals surface area contributed by atoms with Gasteiger partial charge in [0.1, 0.15) is 17.2 Å². The van der Waals surface area contributed by atoms with Crippen molar-refractivity contribution >= 4 is 27.5 Å². The van der Waals surface area contributed by atoms with Crippen LogP contribution in [-0.2, 0) is 5.33 Å². The first-order valence-electron chi connectivity index (χ1n) is 5.52. The van der Waals surface area contributed by atoms with Gasteiger partial charge in [-0.25, -0.2) is 8.78 Å². The molecule has 0 atom stereocenters. The van der Waals surface area contributed by atoms with Crippen LogP contribution in [0.25, 0.3) is 0 Å². The molecule has 5 heteroatoms. The summed E-state index contributed by atoms with van der Waals surface area (Å²) in [7, 11) is 0. The summed E-state index contributed by atoms with van der Waals surface area (Å²) in [5.74, 6) is -2.56. The second-order valence-electron chi connectivity index (χ2n) is 3.88. The highest BCUT2D eigenvalue weighted by Crippen LogP contribution is 2.16. The van der Waals surface area contributed by atoms with Gasteiger partial charge in [-0.2, -0.15) is 0 Å². The number of rotatable bonds is 3. The van der Waals surface area contributed by atoms with Crippen LogP contribution in [0.5, 0.6) is 0 Å². The van der Waals surface area contributed by atoms with Crippen LogP contribution in [0.4, 0.5) is 14.5 Å². The number of carbonyl (C=O) groups is 1. The first-order valence-corrected chi connectivity index (χ1v) is 6.64. The molecule has 19 heavy (non-hydrogen) atoms. The van der Waals surface area contributed by atoms with Crippen molar-refractivity contribution in [3.05, 3.63) is 65.2 Å². The summed E-state index contributed by atoms with van der Waals surface area (Å²) in [6.07, 6.45) is 0. The van der Waals surface area contributed by atoms with Crippen molar-refractivity contribution in [2.75, 3.05) is 5.32 Å². The van der Waals surface area contributed by atoms with Crippen LogP contribution in [0, 0.1) is 11.6 Å². The van der Waals surface area contributed by atoms with Crippen molar-refractivity contribution in [2.45, 2.75) is 5.33 Å². The summed E-state index contributed by atoms with van der Waals surface area (Å²) in [6, 6.07) is 10.3. The summed E-state index contributed by atoms with van der Waals surface area (Å²) in [5.41, 5.74) is 0.944. The molecule has 2 aromatic rings. The minimum atomic E-state index is -0.880. The van der Waals surface area contributed by atoms with Gasteiger partial charge in [-0.05, 0) is 29.8 Å². The zero-order valence-corrected chi connectivity index (χ0v) is 11.4. The largest absolute Gasteiger partial charge is 0.322 e. The van der Waals surface area contributed by atoms with Gasteiger partial charge in [-0.15, -0.1) is 0 Å². The summed E-state index contributed by atoms with van der Waals surface area (Å²) in [5, 5.41) is 3.15. The fourth-order valence-corrected chi connectivity index (χ4v) is 1.96. The van der Waals surface area contributed by atoms with Gasteiger partial charge in [-0.1, -0.05) is 34.1 Å². The monoisotopic (exact) mass is 325 g/mol. The van der Waals surface area contributed by atoms with E-state index in [0.29, 0.717) is 11.0 Å².